The first-order chi connectivity index (χ1) is 11.5. The topological polar surface area (TPSA) is 40.6 Å². The van der Waals surface area contributed by atoms with E-state index in [2.05, 4.69) is 0 Å². The number of hydrogen-bond donors (Lipinski definition) is 0. The molecule has 0 aromatic heterocycles. The first kappa shape index (κ1) is 16.2. The molecule has 0 unspecified atom stereocenters. The highest BCUT2D eigenvalue weighted by atomic mass is 19.1. The Morgan fingerprint density at radius 3 is 2.58 bits per heavy atom. The van der Waals surface area contributed by atoms with Crippen molar-refractivity contribution >= 4 is 17.5 Å². The van der Waals surface area contributed by atoms with E-state index in [1.165, 1.54) is 23.1 Å². The van der Waals surface area contributed by atoms with Crippen LogP contribution in [0, 0.1) is 12.7 Å². The highest BCUT2D eigenvalue weighted by molar-refractivity contribution is 6.03. The van der Waals surface area contributed by atoms with Gasteiger partial charge in [0, 0.05) is 24.3 Å². The summed E-state index contributed by atoms with van der Waals surface area (Å²) in [5, 5.41) is 0. The number of aryl methyl sites for hydroxylation is 1. The van der Waals surface area contributed by atoms with Gasteiger partial charge in [-0.2, -0.15) is 0 Å². The molecule has 1 heterocycles. The molecule has 0 N–H and O–H groups in total. The fourth-order valence-corrected chi connectivity index (χ4v) is 3.04. The van der Waals surface area contributed by atoms with Crippen molar-refractivity contribution in [2.45, 2.75) is 19.9 Å². The zero-order chi connectivity index (χ0) is 17.3. The normalized spacial score (nSPS) is 18.0. The molecule has 3 rings (SSSR count). The van der Waals surface area contributed by atoms with Gasteiger partial charge < -0.3 is 9.80 Å². The van der Waals surface area contributed by atoms with E-state index in [0.717, 1.165) is 11.3 Å². The molecule has 0 aliphatic carbocycles. The van der Waals surface area contributed by atoms with Crippen LogP contribution in [0.5, 0.6) is 0 Å². The summed E-state index contributed by atoms with van der Waals surface area (Å²) >= 11 is 0. The average molecular weight is 326 g/mol. The van der Waals surface area contributed by atoms with Gasteiger partial charge in [0.1, 0.15) is 11.9 Å². The SMILES string of the molecule is Cc1ccccc1N1CCN(C(=O)c2cccc(F)c2)[C@H](C)C1=O. The standard InChI is InChI=1S/C19H19FN2O2/c1-13-6-3-4-9-17(13)22-11-10-21(14(2)18(22)23)19(24)15-7-5-8-16(20)12-15/h3-9,12,14H,10-11H2,1-2H3/t14-/m1/s1. The number of anilines is 1. The third-order valence-corrected chi connectivity index (χ3v) is 4.39. The number of para-hydroxylation sites is 1. The van der Waals surface area contributed by atoms with E-state index in [4.69, 9.17) is 0 Å². The lowest BCUT2D eigenvalue weighted by Gasteiger charge is -2.39. The van der Waals surface area contributed by atoms with Gasteiger partial charge in [-0.25, -0.2) is 4.39 Å². The summed E-state index contributed by atoms with van der Waals surface area (Å²) in [6, 6.07) is 12.7. The molecule has 5 heteroatoms. The lowest BCUT2D eigenvalue weighted by atomic mass is 10.1. The molecule has 0 bridgehead atoms. The van der Waals surface area contributed by atoms with Gasteiger partial charge in [0.15, 0.2) is 0 Å². The number of halogens is 1. The van der Waals surface area contributed by atoms with Crippen molar-refractivity contribution < 1.29 is 14.0 Å². The predicted molar refractivity (Wildman–Crippen MR) is 90.4 cm³/mol. The monoisotopic (exact) mass is 326 g/mol. The molecule has 1 aliphatic rings. The van der Waals surface area contributed by atoms with Gasteiger partial charge in [0.2, 0.25) is 5.91 Å². The summed E-state index contributed by atoms with van der Waals surface area (Å²) in [5.41, 5.74) is 2.15. The van der Waals surface area contributed by atoms with Crippen LogP contribution >= 0.6 is 0 Å². The molecular weight excluding hydrogens is 307 g/mol. The molecular formula is C19H19FN2O2. The average Bonchev–Trinajstić information content (AvgIpc) is 2.57. The van der Waals surface area contributed by atoms with E-state index in [-0.39, 0.29) is 17.4 Å². The van der Waals surface area contributed by atoms with E-state index in [1.54, 1.807) is 17.9 Å². The maximum Gasteiger partial charge on any atom is 0.254 e. The molecule has 1 saturated heterocycles. The Morgan fingerprint density at radius 2 is 1.88 bits per heavy atom. The van der Waals surface area contributed by atoms with Crippen LogP contribution in [0.4, 0.5) is 10.1 Å². The molecule has 1 aliphatic heterocycles. The highest BCUT2D eigenvalue weighted by Crippen LogP contribution is 2.24. The van der Waals surface area contributed by atoms with Gasteiger partial charge in [-0.15, -0.1) is 0 Å². The molecule has 2 amide bonds. The number of amides is 2. The number of nitrogens with zero attached hydrogens (tertiary/aromatic N) is 2. The molecule has 0 saturated carbocycles. The summed E-state index contributed by atoms with van der Waals surface area (Å²) in [4.78, 5) is 28.6. The van der Waals surface area contributed by atoms with Crippen LogP contribution in [0.15, 0.2) is 48.5 Å². The molecule has 2 aromatic rings. The molecule has 24 heavy (non-hydrogen) atoms. The fourth-order valence-electron chi connectivity index (χ4n) is 3.04. The smallest absolute Gasteiger partial charge is 0.254 e. The number of rotatable bonds is 2. The van der Waals surface area contributed by atoms with E-state index < -0.39 is 11.9 Å². The van der Waals surface area contributed by atoms with Crippen molar-refractivity contribution in [1.82, 2.24) is 4.90 Å². The summed E-state index contributed by atoms with van der Waals surface area (Å²) in [5.74, 6) is -0.904. The molecule has 0 spiro atoms. The number of hydrogen-bond acceptors (Lipinski definition) is 2. The predicted octanol–water partition coefficient (Wildman–Crippen LogP) is 3.01. The summed E-state index contributed by atoms with van der Waals surface area (Å²) in [6.45, 7) is 4.51. The maximum absolute atomic E-state index is 13.4. The quantitative estimate of drug-likeness (QED) is 0.851. The van der Waals surface area contributed by atoms with Crippen molar-refractivity contribution in [3.8, 4) is 0 Å². The van der Waals surface area contributed by atoms with Crippen LogP contribution in [-0.4, -0.2) is 35.8 Å². The maximum atomic E-state index is 13.4. The Balaban J connectivity index is 1.83. The van der Waals surface area contributed by atoms with Gasteiger partial charge in [0.25, 0.3) is 5.91 Å². The zero-order valence-electron chi connectivity index (χ0n) is 13.7. The van der Waals surface area contributed by atoms with Crippen molar-refractivity contribution in [3.05, 3.63) is 65.5 Å². The van der Waals surface area contributed by atoms with Crippen molar-refractivity contribution in [1.29, 1.82) is 0 Å². The first-order valence-electron chi connectivity index (χ1n) is 7.92. The minimum absolute atomic E-state index is 0.125. The van der Waals surface area contributed by atoms with Crippen molar-refractivity contribution in [2.24, 2.45) is 0 Å². The fraction of sp³-hybridized carbons (Fsp3) is 0.263. The molecule has 124 valence electrons. The van der Waals surface area contributed by atoms with Crippen LogP contribution in [0.25, 0.3) is 0 Å². The van der Waals surface area contributed by atoms with Crippen LogP contribution in [0.3, 0.4) is 0 Å². The van der Waals surface area contributed by atoms with E-state index >= 15 is 0 Å². The molecule has 1 atom stereocenters. The Kier molecular flexibility index (Phi) is 4.34. The molecule has 4 nitrogen and oxygen atoms in total. The zero-order valence-corrected chi connectivity index (χ0v) is 13.7. The number of carbonyl (C=O) groups is 2. The highest BCUT2D eigenvalue weighted by Gasteiger charge is 2.35. The molecule has 1 fully saturated rings. The first-order valence-corrected chi connectivity index (χ1v) is 7.92. The largest absolute Gasteiger partial charge is 0.325 e. The minimum Gasteiger partial charge on any atom is -0.325 e. The Hall–Kier alpha value is -2.69. The number of benzene rings is 2. The summed E-state index contributed by atoms with van der Waals surface area (Å²) in [7, 11) is 0. The Bertz CT molecular complexity index is 790. The third kappa shape index (κ3) is 2.89. The van der Waals surface area contributed by atoms with Gasteiger partial charge >= 0.3 is 0 Å². The lowest BCUT2D eigenvalue weighted by Crippen LogP contribution is -2.57. The number of piperazine rings is 1. The summed E-state index contributed by atoms with van der Waals surface area (Å²) in [6.07, 6.45) is 0. The Labute approximate surface area is 140 Å². The second-order valence-corrected chi connectivity index (χ2v) is 5.96. The van der Waals surface area contributed by atoms with Crippen LogP contribution < -0.4 is 4.90 Å². The van der Waals surface area contributed by atoms with Crippen LogP contribution in [-0.2, 0) is 4.79 Å². The molecule has 0 radical (unpaired) electrons. The minimum atomic E-state index is -0.589. The van der Waals surface area contributed by atoms with Crippen molar-refractivity contribution in [3.63, 3.8) is 0 Å². The summed E-state index contributed by atoms with van der Waals surface area (Å²) < 4.78 is 13.4. The Morgan fingerprint density at radius 1 is 1.12 bits per heavy atom. The second kappa shape index (κ2) is 6.43. The van der Waals surface area contributed by atoms with E-state index in [9.17, 15) is 14.0 Å². The third-order valence-electron chi connectivity index (χ3n) is 4.39. The van der Waals surface area contributed by atoms with Gasteiger partial charge in [-0.05, 0) is 43.7 Å². The van der Waals surface area contributed by atoms with Gasteiger partial charge in [-0.3, -0.25) is 9.59 Å². The van der Waals surface area contributed by atoms with Gasteiger partial charge in [0.05, 0.1) is 0 Å². The molecule has 2 aromatic carbocycles. The van der Waals surface area contributed by atoms with E-state index in [0.29, 0.717) is 13.1 Å². The number of carbonyl (C=O) groups excluding carboxylic acids is 2. The van der Waals surface area contributed by atoms with E-state index in [1.807, 2.05) is 31.2 Å². The van der Waals surface area contributed by atoms with Crippen LogP contribution in [0.2, 0.25) is 0 Å². The van der Waals surface area contributed by atoms with Crippen LogP contribution in [0.1, 0.15) is 22.8 Å². The van der Waals surface area contributed by atoms with Crippen molar-refractivity contribution in [2.75, 3.05) is 18.0 Å². The lowest BCUT2D eigenvalue weighted by molar-refractivity contribution is -0.124. The van der Waals surface area contributed by atoms with Gasteiger partial charge in [-0.1, -0.05) is 24.3 Å². The second-order valence-electron chi connectivity index (χ2n) is 5.96.